The molecule has 0 spiro atoms. The molecule has 0 aliphatic carbocycles. The van der Waals surface area contributed by atoms with Crippen molar-refractivity contribution in [3.8, 4) is 0 Å². The van der Waals surface area contributed by atoms with Crippen molar-refractivity contribution in [2.24, 2.45) is 5.73 Å². The number of hydrogen-bond acceptors (Lipinski definition) is 3. The fourth-order valence-corrected chi connectivity index (χ4v) is 3.82. The zero-order valence-electron chi connectivity index (χ0n) is 12.8. The van der Waals surface area contributed by atoms with E-state index in [4.69, 9.17) is 17.3 Å². The number of thioether (sulfide) groups is 1. The minimum absolute atomic E-state index is 0. The van der Waals surface area contributed by atoms with Gasteiger partial charge < -0.3 is 10.6 Å². The minimum atomic E-state index is -0.324. The van der Waals surface area contributed by atoms with E-state index in [0.717, 1.165) is 43.8 Å². The molecule has 2 rings (SSSR count). The lowest BCUT2D eigenvalue weighted by Gasteiger charge is -2.33. The lowest BCUT2D eigenvalue weighted by atomic mass is 10.1. The maximum Gasteiger partial charge on any atom is 0.239 e. The monoisotopic (exact) mass is 362 g/mol. The average molecular weight is 363 g/mol. The van der Waals surface area contributed by atoms with Crippen LogP contribution in [0.3, 0.4) is 0 Å². The number of rotatable bonds is 5. The van der Waals surface area contributed by atoms with Crippen LogP contribution in [0.2, 0.25) is 5.02 Å². The molecule has 22 heavy (non-hydrogen) atoms. The number of benzene rings is 1. The highest BCUT2D eigenvalue weighted by atomic mass is 35.5. The third kappa shape index (κ3) is 5.65. The van der Waals surface area contributed by atoms with Gasteiger partial charge in [-0.1, -0.05) is 24.9 Å². The fraction of sp³-hybridized carbons (Fsp3) is 0.562. The smallest absolute Gasteiger partial charge is 0.239 e. The van der Waals surface area contributed by atoms with Gasteiger partial charge in [0.25, 0.3) is 0 Å². The van der Waals surface area contributed by atoms with Crippen molar-refractivity contribution in [3.05, 3.63) is 29.3 Å². The Morgan fingerprint density at radius 1 is 1.36 bits per heavy atom. The second kappa shape index (κ2) is 9.66. The SMILES string of the molecule is CCCC(N)C(=O)N1CCC(Sc2ccc(Cl)cc2)CC1.Cl. The molecule has 1 atom stereocenters. The maximum absolute atomic E-state index is 12.2. The summed E-state index contributed by atoms with van der Waals surface area (Å²) in [4.78, 5) is 15.3. The molecule has 3 nitrogen and oxygen atoms in total. The van der Waals surface area contributed by atoms with E-state index < -0.39 is 0 Å². The molecule has 1 saturated heterocycles. The molecule has 1 aromatic carbocycles. The van der Waals surface area contributed by atoms with E-state index in [0.29, 0.717) is 5.25 Å². The number of piperidine rings is 1. The summed E-state index contributed by atoms with van der Waals surface area (Å²) in [6.07, 6.45) is 3.78. The van der Waals surface area contributed by atoms with Crippen molar-refractivity contribution >= 4 is 41.7 Å². The molecule has 1 fully saturated rings. The van der Waals surface area contributed by atoms with Crippen LogP contribution in [-0.4, -0.2) is 35.2 Å². The Bertz CT molecular complexity index is 462. The number of carbonyl (C=O) groups excluding carboxylic acids is 1. The van der Waals surface area contributed by atoms with E-state index in [1.54, 1.807) is 0 Å². The number of likely N-dealkylation sites (tertiary alicyclic amines) is 1. The lowest BCUT2D eigenvalue weighted by Crippen LogP contribution is -2.47. The van der Waals surface area contributed by atoms with Crippen molar-refractivity contribution < 1.29 is 4.79 Å². The largest absolute Gasteiger partial charge is 0.341 e. The molecule has 0 aromatic heterocycles. The minimum Gasteiger partial charge on any atom is -0.341 e. The molecular weight excluding hydrogens is 339 g/mol. The summed E-state index contributed by atoms with van der Waals surface area (Å²) in [7, 11) is 0. The molecule has 124 valence electrons. The maximum atomic E-state index is 12.2. The van der Waals surface area contributed by atoms with Crippen LogP contribution in [0.15, 0.2) is 29.2 Å². The topological polar surface area (TPSA) is 46.3 Å². The number of carbonyl (C=O) groups is 1. The Morgan fingerprint density at radius 3 is 2.50 bits per heavy atom. The van der Waals surface area contributed by atoms with E-state index in [-0.39, 0.29) is 24.4 Å². The van der Waals surface area contributed by atoms with Crippen LogP contribution in [0.4, 0.5) is 0 Å². The number of amides is 1. The molecule has 6 heteroatoms. The molecule has 1 unspecified atom stereocenters. The predicted molar refractivity (Wildman–Crippen MR) is 97.0 cm³/mol. The summed E-state index contributed by atoms with van der Waals surface area (Å²) >= 11 is 7.78. The van der Waals surface area contributed by atoms with Crippen LogP contribution in [0.5, 0.6) is 0 Å². The van der Waals surface area contributed by atoms with Gasteiger partial charge >= 0.3 is 0 Å². The van der Waals surface area contributed by atoms with Gasteiger partial charge in [-0.25, -0.2) is 0 Å². The molecule has 1 aromatic rings. The van der Waals surface area contributed by atoms with E-state index in [2.05, 4.69) is 19.1 Å². The molecule has 1 heterocycles. The highest BCUT2D eigenvalue weighted by Crippen LogP contribution is 2.31. The summed E-state index contributed by atoms with van der Waals surface area (Å²) in [5.41, 5.74) is 5.92. The van der Waals surface area contributed by atoms with Crippen molar-refractivity contribution in [1.82, 2.24) is 4.90 Å². The molecular formula is C16H24Cl2N2OS. The number of nitrogens with zero attached hydrogens (tertiary/aromatic N) is 1. The number of halogens is 2. The highest BCUT2D eigenvalue weighted by molar-refractivity contribution is 8.00. The summed E-state index contributed by atoms with van der Waals surface area (Å²) in [5, 5.41) is 1.34. The van der Waals surface area contributed by atoms with Crippen molar-refractivity contribution in [2.45, 2.75) is 48.8 Å². The third-order valence-corrected chi connectivity index (χ3v) is 5.39. The first-order valence-electron chi connectivity index (χ1n) is 7.56. The Hall–Kier alpha value is -0.420. The number of hydrogen-bond donors (Lipinski definition) is 1. The fourth-order valence-electron chi connectivity index (χ4n) is 2.57. The molecule has 0 saturated carbocycles. The van der Waals surface area contributed by atoms with Crippen molar-refractivity contribution in [2.75, 3.05) is 13.1 Å². The van der Waals surface area contributed by atoms with Crippen LogP contribution in [0, 0.1) is 0 Å². The predicted octanol–water partition coefficient (Wildman–Crippen LogP) is 3.97. The van der Waals surface area contributed by atoms with Gasteiger partial charge in [-0.3, -0.25) is 4.79 Å². The zero-order chi connectivity index (χ0) is 15.2. The van der Waals surface area contributed by atoms with Crippen LogP contribution in [0.1, 0.15) is 32.6 Å². The first-order valence-corrected chi connectivity index (χ1v) is 8.82. The second-order valence-electron chi connectivity index (χ2n) is 5.49. The second-order valence-corrected chi connectivity index (χ2v) is 7.30. The first-order chi connectivity index (χ1) is 10.1. The zero-order valence-corrected chi connectivity index (χ0v) is 15.2. The summed E-state index contributed by atoms with van der Waals surface area (Å²) in [5.74, 6) is 0.117. The van der Waals surface area contributed by atoms with Crippen LogP contribution in [-0.2, 0) is 4.79 Å². The molecule has 1 amide bonds. The number of nitrogens with two attached hydrogens (primary N) is 1. The molecule has 0 radical (unpaired) electrons. The third-order valence-electron chi connectivity index (χ3n) is 3.79. The van der Waals surface area contributed by atoms with Gasteiger partial charge in [0.2, 0.25) is 5.91 Å². The molecule has 1 aliphatic heterocycles. The Balaban J connectivity index is 0.00000242. The van der Waals surface area contributed by atoms with Gasteiger partial charge in [-0.15, -0.1) is 24.2 Å². The van der Waals surface area contributed by atoms with E-state index in [1.807, 2.05) is 28.8 Å². The Morgan fingerprint density at radius 2 is 1.95 bits per heavy atom. The first kappa shape index (κ1) is 19.6. The standard InChI is InChI=1S/C16H23ClN2OS.ClH/c1-2-3-15(18)16(20)19-10-8-14(9-11-19)21-13-6-4-12(17)5-7-13;/h4-7,14-15H,2-3,8-11,18H2,1H3;1H. The molecule has 2 N–H and O–H groups in total. The van der Waals surface area contributed by atoms with Crippen LogP contribution < -0.4 is 5.73 Å². The van der Waals surface area contributed by atoms with E-state index in [1.165, 1.54) is 4.90 Å². The van der Waals surface area contributed by atoms with Crippen molar-refractivity contribution in [3.63, 3.8) is 0 Å². The van der Waals surface area contributed by atoms with Gasteiger partial charge in [0.05, 0.1) is 6.04 Å². The van der Waals surface area contributed by atoms with E-state index in [9.17, 15) is 4.79 Å². The van der Waals surface area contributed by atoms with Gasteiger partial charge in [0, 0.05) is 28.3 Å². The molecule has 1 aliphatic rings. The van der Waals surface area contributed by atoms with Gasteiger partial charge in [-0.2, -0.15) is 0 Å². The average Bonchev–Trinajstić information content (AvgIpc) is 2.50. The lowest BCUT2D eigenvalue weighted by molar-refractivity contribution is -0.133. The van der Waals surface area contributed by atoms with Gasteiger partial charge in [0.1, 0.15) is 0 Å². The molecule has 0 bridgehead atoms. The summed E-state index contributed by atoms with van der Waals surface area (Å²) in [6.45, 7) is 3.70. The van der Waals surface area contributed by atoms with Crippen LogP contribution >= 0.6 is 35.8 Å². The van der Waals surface area contributed by atoms with Crippen LogP contribution in [0.25, 0.3) is 0 Å². The summed E-state index contributed by atoms with van der Waals surface area (Å²) < 4.78 is 0. The van der Waals surface area contributed by atoms with Gasteiger partial charge in [-0.05, 0) is 43.5 Å². The van der Waals surface area contributed by atoms with Gasteiger partial charge in [0.15, 0.2) is 0 Å². The highest BCUT2D eigenvalue weighted by Gasteiger charge is 2.26. The normalized spacial score (nSPS) is 17.0. The summed E-state index contributed by atoms with van der Waals surface area (Å²) in [6, 6.07) is 7.64. The van der Waals surface area contributed by atoms with Crippen molar-refractivity contribution in [1.29, 1.82) is 0 Å². The van der Waals surface area contributed by atoms with E-state index >= 15 is 0 Å². The quantitative estimate of drug-likeness (QED) is 0.861. The Labute approximate surface area is 148 Å². The Kier molecular flexibility index (Phi) is 8.62.